The van der Waals surface area contributed by atoms with Crippen LogP contribution in [-0.4, -0.2) is 19.4 Å². The van der Waals surface area contributed by atoms with E-state index in [1.54, 1.807) is 12.1 Å². The van der Waals surface area contributed by atoms with Gasteiger partial charge in [0.15, 0.2) is 6.29 Å². The van der Waals surface area contributed by atoms with Gasteiger partial charge in [0, 0.05) is 12.6 Å². The van der Waals surface area contributed by atoms with E-state index in [0.717, 1.165) is 11.8 Å². The molecule has 0 aliphatic heterocycles. The van der Waals surface area contributed by atoms with Crippen LogP contribution in [0.25, 0.3) is 0 Å². The predicted octanol–water partition coefficient (Wildman–Crippen LogP) is 2.59. The molecule has 1 rings (SSSR count). The van der Waals surface area contributed by atoms with Crippen LogP contribution in [0.3, 0.4) is 0 Å². The molecule has 0 heterocycles. The molecule has 2 amide bonds. The van der Waals surface area contributed by atoms with Crippen LogP contribution in [-0.2, 0) is 0 Å². The lowest BCUT2D eigenvalue weighted by molar-refractivity contribution is 0.112. The van der Waals surface area contributed by atoms with Gasteiger partial charge in [0.2, 0.25) is 0 Å². The quantitative estimate of drug-likeness (QED) is 0.755. The minimum atomic E-state index is -0.336. The van der Waals surface area contributed by atoms with Crippen molar-refractivity contribution in [2.75, 3.05) is 12.4 Å². The molecule has 1 aromatic rings. The molecule has 0 aliphatic carbocycles. The van der Waals surface area contributed by atoms with Gasteiger partial charge in [0.05, 0.1) is 5.69 Å². The van der Waals surface area contributed by atoms with Gasteiger partial charge in [-0.2, -0.15) is 0 Å². The largest absolute Gasteiger partial charge is 0.341 e. The summed E-state index contributed by atoms with van der Waals surface area (Å²) < 4.78 is 0. The average molecular weight is 222 g/mol. The summed E-state index contributed by atoms with van der Waals surface area (Å²) in [4.78, 5) is 21.7. The summed E-state index contributed by atoms with van der Waals surface area (Å²) in [5.41, 5.74) is 1.98. The van der Waals surface area contributed by atoms with E-state index in [1.165, 1.54) is 7.05 Å². The third-order valence-electron chi connectivity index (χ3n) is 1.81. The average Bonchev–Trinajstić information content (AvgIpc) is 2.33. The maximum absolute atomic E-state index is 11.0. The molecule has 0 unspecified atom stereocenters. The van der Waals surface area contributed by atoms with Gasteiger partial charge < -0.3 is 10.6 Å². The van der Waals surface area contributed by atoms with E-state index in [9.17, 15) is 9.59 Å². The number of aryl methyl sites for hydroxylation is 1. The first-order chi connectivity index (χ1) is 7.67. The fourth-order valence-electron chi connectivity index (χ4n) is 1.08. The number of nitrogens with one attached hydrogen (secondary N) is 2. The first kappa shape index (κ1) is 14.2. The van der Waals surface area contributed by atoms with Crippen LogP contribution in [0.5, 0.6) is 0 Å². The van der Waals surface area contributed by atoms with E-state index < -0.39 is 0 Å². The molecule has 2 N–H and O–H groups in total. The van der Waals surface area contributed by atoms with Gasteiger partial charge in [-0.25, -0.2) is 4.79 Å². The van der Waals surface area contributed by atoms with Gasteiger partial charge in [0.1, 0.15) is 0 Å². The molecule has 0 aromatic heterocycles. The first-order valence-electron chi connectivity index (χ1n) is 5.22. The summed E-state index contributed by atoms with van der Waals surface area (Å²) in [6.45, 7) is 5.89. The second-order valence-corrected chi connectivity index (χ2v) is 2.91. The molecule has 0 bridgehead atoms. The maximum Gasteiger partial charge on any atom is 0.318 e. The molecule has 16 heavy (non-hydrogen) atoms. The number of amides is 2. The Labute approximate surface area is 96.0 Å². The molecule has 0 spiro atoms. The number of urea groups is 1. The van der Waals surface area contributed by atoms with Crippen molar-refractivity contribution in [1.29, 1.82) is 0 Å². The topological polar surface area (TPSA) is 58.2 Å². The predicted molar refractivity (Wildman–Crippen MR) is 66.0 cm³/mol. The molecule has 1 aromatic carbocycles. The highest BCUT2D eigenvalue weighted by molar-refractivity contribution is 5.95. The SMILES string of the molecule is CC.CNC(=O)Nc1ccc(C)cc1C=O. The molecule has 0 radical (unpaired) electrons. The maximum atomic E-state index is 11.0. The summed E-state index contributed by atoms with van der Waals surface area (Å²) in [6, 6.07) is 4.92. The summed E-state index contributed by atoms with van der Waals surface area (Å²) in [6.07, 6.45) is 0.721. The lowest BCUT2D eigenvalue weighted by Crippen LogP contribution is -2.25. The second kappa shape index (κ2) is 7.45. The summed E-state index contributed by atoms with van der Waals surface area (Å²) in [5, 5.41) is 4.97. The molecular weight excluding hydrogens is 204 g/mol. The highest BCUT2D eigenvalue weighted by Crippen LogP contribution is 2.14. The number of carbonyl (C=O) groups excluding carboxylic acids is 2. The zero-order valence-corrected chi connectivity index (χ0v) is 10.1. The molecule has 0 saturated heterocycles. The van der Waals surface area contributed by atoms with Crippen molar-refractivity contribution in [1.82, 2.24) is 5.32 Å². The van der Waals surface area contributed by atoms with Gasteiger partial charge in [0.25, 0.3) is 0 Å². The third-order valence-corrected chi connectivity index (χ3v) is 1.81. The molecule has 0 saturated carbocycles. The Bertz CT molecular complexity index is 362. The Kier molecular flexibility index (Phi) is 6.59. The Morgan fingerprint density at radius 2 is 1.94 bits per heavy atom. The van der Waals surface area contributed by atoms with Gasteiger partial charge in [-0.3, -0.25) is 4.79 Å². The lowest BCUT2D eigenvalue weighted by atomic mass is 10.1. The van der Waals surface area contributed by atoms with Crippen LogP contribution in [0.15, 0.2) is 18.2 Å². The highest BCUT2D eigenvalue weighted by Gasteiger charge is 2.04. The molecule has 0 aliphatic rings. The standard InChI is InChI=1S/C10H12N2O2.C2H6/c1-7-3-4-9(8(5-7)6-13)12-10(14)11-2;1-2/h3-6H,1-2H3,(H2,11,12,14);1-2H3. The van der Waals surface area contributed by atoms with Crippen LogP contribution < -0.4 is 10.6 Å². The molecule has 0 fully saturated rings. The molecule has 0 atom stereocenters. The molecule has 88 valence electrons. The van der Waals surface area contributed by atoms with E-state index in [2.05, 4.69) is 10.6 Å². The van der Waals surface area contributed by atoms with Crippen molar-refractivity contribution in [3.05, 3.63) is 29.3 Å². The van der Waals surface area contributed by atoms with Crippen molar-refractivity contribution >= 4 is 18.0 Å². The van der Waals surface area contributed by atoms with Crippen LogP contribution in [0.4, 0.5) is 10.5 Å². The number of rotatable bonds is 2. The van der Waals surface area contributed by atoms with Crippen molar-refractivity contribution in [3.8, 4) is 0 Å². The Balaban J connectivity index is 0.00000106. The number of benzene rings is 1. The fraction of sp³-hybridized carbons (Fsp3) is 0.333. The van der Waals surface area contributed by atoms with Crippen LogP contribution >= 0.6 is 0 Å². The second-order valence-electron chi connectivity index (χ2n) is 2.91. The summed E-state index contributed by atoms with van der Waals surface area (Å²) in [5.74, 6) is 0. The first-order valence-corrected chi connectivity index (χ1v) is 5.22. The Morgan fingerprint density at radius 1 is 1.31 bits per heavy atom. The Morgan fingerprint density at radius 3 is 2.44 bits per heavy atom. The number of hydrogen-bond acceptors (Lipinski definition) is 2. The van der Waals surface area contributed by atoms with E-state index in [0.29, 0.717) is 11.3 Å². The van der Waals surface area contributed by atoms with Crippen molar-refractivity contribution < 1.29 is 9.59 Å². The summed E-state index contributed by atoms with van der Waals surface area (Å²) in [7, 11) is 1.52. The smallest absolute Gasteiger partial charge is 0.318 e. The van der Waals surface area contributed by atoms with Crippen molar-refractivity contribution in [2.45, 2.75) is 20.8 Å². The van der Waals surface area contributed by atoms with Crippen molar-refractivity contribution in [3.63, 3.8) is 0 Å². The van der Waals surface area contributed by atoms with Gasteiger partial charge >= 0.3 is 6.03 Å². The third kappa shape index (κ3) is 4.13. The lowest BCUT2D eigenvalue weighted by Gasteiger charge is -2.07. The summed E-state index contributed by atoms with van der Waals surface area (Å²) >= 11 is 0. The van der Waals surface area contributed by atoms with Crippen LogP contribution in [0, 0.1) is 6.92 Å². The number of carbonyl (C=O) groups is 2. The highest BCUT2D eigenvalue weighted by atomic mass is 16.2. The number of hydrogen-bond donors (Lipinski definition) is 2. The normalized spacial score (nSPS) is 8.50. The van der Waals surface area contributed by atoms with Gasteiger partial charge in [-0.15, -0.1) is 0 Å². The van der Waals surface area contributed by atoms with Crippen LogP contribution in [0.2, 0.25) is 0 Å². The van der Waals surface area contributed by atoms with Crippen molar-refractivity contribution in [2.24, 2.45) is 0 Å². The van der Waals surface area contributed by atoms with E-state index in [1.807, 2.05) is 26.8 Å². The number of anilines is 1. The molecule has 4 heteroatoms. The minimum Gasteiger partial charge on any atom is -0.341 e. The van der Waals surface area contributed by atoms with Crippen LogP contribution in [0.1, 0.15) is 29.8 Å². The fourth-order valence-corrected chi connectivity index (χ4v) is 1.08. The molecule has 4 nitrogen and oxygen atoms in total. The number of aldehydes is 1. The van der Waals surface area contributed by atoms with E-state index >= 15 is 0 Å². The zero-order valence-electron chi connectivity index (χ0n) is 10.1. The van der Waals surface area contributed by atoms with Gasteiger partial charge in [-0.05, 0) is 19.1 Å². The Hall–Kier alpha value is -1.84. The monoisotopic (exact) mass is 222 g/mol. The minimum absolute atomic E-state index is 0.336. The molecular formula is C12H18N2O2. The van der Waals surface area contributed by atoms with E-state index in [-0.39, 0.29) is 6.03 Å². The zero-order chi connectivity index (χ0) is 12.6. The van der Waals surface area contributed by atoms with Gasteiger partial charge in [-0.1, -0.05) is 25.5 Å². The van der Waals surface area contributed by atoms with E-state index in [4.69, 9.17) is 0 Å².